The Hall–Kier alpha value is -2.54. The molecule has 0 unspecified atom stereocenters. The molecule has 2 rings (SSSR count). The van der Waals surface area contributed by atoms with Crippen LogP contribution in [0, 0.1) is 25.2 Å². The van der Waals surface area contributed by atoms with Crippen molar-refractivity contribution in [1.82, 2.24) is 4.98 Å². The minimum atomic E-state index is 0.262. The zero-order valence-electron chi connectivity index (χ0n) is 12.8. The van der Waals surface area contributed by atoms with E-state index >= 15 is 0 Å². The second kappa shape index (κ2) is 5.84. The Labute approximate surface area is 125 Å². The predicted molar refractivity (Wildman–Crippen MR) is 83.4 cm³/mol. The summed E-state index contributed by atoms with van der Waals surface area (Å²) < 4.78 is 5.92. The first kappa shape index (κ1) is 14.9. The molecule has 2 N–H and O–H groups in total. The quantitative estimate of drug-likeness (QED) is 0.861. The van der Waals surface area contributed by atoms with E-state index in [0.717, 1.165) is 22.5 Å². The van der Waals surface area contributed by atoms with Gasteiger partial charge in [0, 0.05) is 11.4 Å². The average Bonchev–Trinajstić information content (AvgIpc) is 2.42. The molecule has 0 fully saturated rings. The summed E-state index contributed by atoms with van der Waals surface area (Å²) >= 11 is 0. The van der Waals surface area contributed by atoms with Crippen LogP contribution >= 0.6 is 0 Å². The SMILES string of the molecule is Cc1ccc(C#N)c(Oc2cc(C)c(N)cc2C(C)C)n1. The lowest BCUT2D eigenvalue weighted by atomic mass is 9.99. The highest BCUT2D eigenvalue weighted by Gasteiger charge is 2.14. The van der Waals surface area contributed by atoms with Gasteiger partial charge in [0.2, 0.25) is 5.88 Å². The Morgan fingerprint density at radius 2 is 1.95 bits per heavy atom. The van der Waals surface area contributed by atoms with Crippen LogP contribution in [-0.2, 0) is 0 Å². The fourth-order valence-corrected chi connectivity index (χ4v) is 2.06. The number of nitrogen functional groups attached to an aromatic ring is 1. The van der Waals surface area contributed by atoms with Crippen LogP contribution in [0.4, 0.5) is 5.69 Å². The molecule has 2 aromatic rings. The molecular formula is C17H19N3O. The van der Waals surface area contributed by atoms with Crippen LogP contribution < -0.4 is 10.5 Å². The number of ether oxygens (including phenoxy) is 1. The topological polar surface area (TPSA) is 71.9 Å². The van der Waals surface area contributed by atoms with Crippen molar-refractivity contribution >= 4 is 5.69 Å². The molecule has 4 nitrogen and oxygen atoms in total. The highest BCUT2D eigenvalue weighted by Crippen LogP contribution is 2.34. The van der Waals surface area contributed by atoms with E-state index in [0.29, 0.717) is 17.2 Å². The summed E-state index contributed by atoms with van der Waals surface area (Å²) in [5.74, 6) is 1.30. The van der Waals surface area contributed by atoms with Gasteiger partial charge >= 0.3 is 0 Å². The van der Waals surface area contributed by atoms with E-state index in [4.69, 9.17) is 10.5 Å². The van der Waals surface area contributed by atoms with Gasteiger partial charge in [0.15, 0.2) is 0 Å². The van der Waals surface area contributed by atoms with Crippen molar-refractivity contribution in [3.05, 3.63) is 46.6 Å². The van der Waals surface area contributed by atoms with Crippen molar-refractivity contribution in [2.75, 3.05) is 5.73 Å². The lowest BCUT2D eigenvalue weighted by Crippen LogP contribution is -2.01. The van der Waals surface area contributed by atoms with Crippen LogP contribution in [0.25, 0.3) is 0 Å². The number of aryl methyl sites for hydroxylation is 2. The first-order valence-electron chi connectivity index (χ1n) is 6.88. The molecule has 0 aliphatic carbocycles. The smallest absolute Gasteiger partial charge is 0.237 e. The summed E-state index contributed by atoms with van der Waals surface area (Å²) in [4.78, 5) is 4.32. The Morgan fingerprint density at radius 3 is 2.57 bits per heavy atom. The van der Waals surface area contributed by atoms with Gasteiger partial charge in [0.25, 0.3) is 0 Å². The molecular weight excluding hydrogens is 262 g/mol. The maximum absolute atomic E-state index is 9.17. The van der Waals surface area contributed by atoms with Gasteiger partial charge in [-0.25, -0.2) is 4.98 Å². The molecule has 108 valence electrons. The third kappa shape index (κ3) is 3.14. The number of nitrogens with zero attached hydrogens (tertiary/aromatic N) is 2. The summed E-state index contributed by atoms with van der Waals surface area (Å²) in [7, 11) is 0. The van der Waals surface area contributed by atoms with Gasteiger partial charge in [-0.15, -0.1) is 0 Å². The van der Waals surface area contributed by atoms with Crippen molar-refractivity contribution in [1.29, 1.82) is 5.26 Å². The van der Waals surface area contributed by atoms with E-state index in [9.17, 15) is 5.26 Å². The van der Waals surface area contributed by atoms with Gasteiger partial charge in [0.1, 0.15) is 17.4 Å². The van der Waals surface area contributed by atoms with Gasteiger partial charge in [-0.05, 0) is 55.2 Å². The van der Waals surface area contributed by atoms with Gasteiger partial charge in [0.05, 0.1) is 0 Å². The molecule has 4 heteroatoms. The van der Waals surface area contributed by atoms with Crippen LogP contribution in [0.2, 0.25) is 0 Å². The maximum atomic E-state index is 9.17. The monoisotopic (exact) mass is 281 g/mol. The molecule has 0 amide bonds. The highest BCUT2D eigenvalue weighted by atomic mass is 16.5. The molecule has 1 heterocycles. The molecule has 1 aromatic heterocycles. The van der Waals surface area contributed by atoms with Crippen molar-refractivity contribution in [2.24, 2.45) is 0 Å². The van der Waals surface area contributed by atoms with Crippen molar-refractivity contribution < 1.29 is 4.74 Å². The normalized spacial score (nSPS) is 10.5. The third-order valence-electron chi connectivity index (χ3n) is 3.35. The average molecular weight is 281 g/mol. The molecule has 0 saturated carbocycles. The zero-order chi connectivity index (χ0) is 15.6. The number of benzene rings is 1. The van der Waals surface area contributed by atoms with Crippen LogP contribution in [0.1, 0.15) is 42.1 Å². The van der Waals surface area contributed by atoms with Crippen molar-refractivity contribution in [3.63, 3.8) is 0 Å². The molecule has 1 aromatic carbocycles. The minimum Gasteiger partial charge on any atom is -0.437 e. The Balaban J connectivity index is 2.51. The zero-order valence-corrected chi connectivity index (χ0v) is 12.8. The number of aromatic nitrogens is 1. The Bertz CT molecular complexity index is 715. The van der Waals surface area contributed by atoms with E-state index in [1.54, 1.807) is 12.1 Å². The van der Waals surface area contributed by atoms with Gasteiger partial charge < -0.3 is 10.5 Å². The number of anilines is 1. The van der Waals surface area contributed by atoms with E-state index in [1.165, 1.54) is 0 Å². The van der Waals surface area contributed by atoms with Crippen LogP contribution in [0.5, 0.6) is 11.6 Å². The molecule has 0 saturated heterocycles. The number of hydrogen-bond donors (Lipinski definition) is 1. The first-order chi connectivity index (χ1) is 9.92. The summed E-state index contributed by atoms with van der Waals surface area (Å²) in [5, 5.41) is 9.17. The lowest BCUT2D eigenvalue weighted by Gasteiger charge is -2.16. The standard InChI is InChI=1S/C17H19N3O/c1-10(2)14-8-15(19)11(3)7-16(14)21-17-13(9-18)6-5-12(4)20-17/h5-8,10H,19H2,1-4H3. The number of rotatable bonds is 3. The van der Waals surface area contributed by atoms with E-state index in [2.05, 4.69) is 24.9 Å². The van der Waals surface area contributed by atoms with E-state index in [-0.39, 0.29) is 5.92 Å². The highest BCUT2D eigenvalue weighted by molar-refractivity contribution is 5.56. The van der Waals surface area contributed by atoms with E-state index < -0.39 is 0 Å². The summed E-state index contributed by atoms with van der Waals surface area (Å²) in [6.07, 6.45) is 0. The minimum absolute atomic E-state index is 0.262. The number of pyridine rings is 1. The third-order valence-corrected chi connectivity index (χ3v) is 3.35. The molecule has 0 aliphatic rings. The summed E-state index contributed by atoms with van der Waals surface area (Å²) in [6.45, 7) is 7.95. The van der Waals surface area contributed by atoms with Crippen LogP contribution in [0.3, 0.4) is 0 Å². The van der Waals surface area contributed by atoms with Gasteiger partial charge in [-0.2, -0.15) is 5.26 Å². The first-order valence-corrected chi connectivity index (χ1v) is 6.88. The molecule has 0 radical (unpaired) electrons. The molecule has 0 atom stereocenters. The van der Waals surface area contributed by atoms with Crippen LogP contribution in [-0.4, -0.2) is 4.98 Å². The fourth-order valence-electron chi connectivity index (χ4n) is 2.06. The predicted octanol–water partition coefficient (Wildman–Crippen LogP) is 4.07. The fraction of sp³-hybridized carbons (Fsp3) is 0.294. The Kier molecular flexibility index (Phi) is 4.13. The number of nitriles is 1. The Morgan fingerprint density at radius 1 is 1.24 bits per heavy atom. The van der Waals surface area contributed by atoms with E-state index in [1.807, 2.05) is 26.0 Å². The second-order valence-corrected chi connectivity index (χ2v) is 5.42. The van der Waals surface area contributed by atoms with Crippen LogP contribution in [0.15, 0.2) is 24.3 Å². The van der Waals surface area contributed by atoms with Crippen molar-refractivity contribution in [3.8, 4) is 17.7 Å². The largest absolute Gasteiger partial charge is 0.437 e. The second-order valence-electron chi connectivity index (χ2n) is 5.42. The number of hydrogen-bond acceptors (Lipinski definition) is 4. The lowest BCUT2D eigenvalue weighted by molar-refractivity contribution is 0.451. The molecule has 0 bridgehead atoms. The summed E-state index contributed by atoms with van der Waals surface area (Å²) in [6, 6.07) is 9.45. The number of nitrogens with two attached hydrogens (primary N) is 1. The molecule has 0 aliphatic heterocycles. The molecule has 0 spiro atoms. The van der Waals surface area contributed by atoms with Gasteiger partial charge in [-0.3, -0.25) is 0 Å². The maximum Gasteiger partial charge on any atom is 0.237 e. The van der Waals surface area contributed by atoms with Crippen molar-refractivity contribution in [2.45, 2.75) is 33.6 Å². The van der Waals surface area contributed by atoms with Gasteiger partial charge in [-0.1, -0.05) is 13.8 Å². The molecule has 21 heavy (non-hydrogen) atoms. The summed E-state index contributed by atoms with van der Waals surface area (Å²) in [5.41, 5.74) is 9.90.